The Hall–Kier alpha value is -1.51. The van der Waals surface area contributed by atoms with E-state index < -0.39 is 0 Å². The Bertz CT molecular complexity index is 406. The van der Waals surface area contributed by atoms with E-state index in [1.807, 2.05) is 17.0 Å². The molecule has 1 amide bonds. The molecule has 1 aliphatic heterocycles. The molecule has 17 heavy (non-hydrogen) atoms. The maximum atomic E-state index is 12.3. The Morgan fingerprint density at radius 3 is 2.53 bits per heavy atom. The first kappa shape index (κ1) is 12.0. The molecule has 2 N–H and O–H groups in total. The normalized spacial score (nSPS) is 24.7. The fraction of sp³-hybridized carbons (Fsp3) is 0.500. The van der Waals surface area contributed by atoms with Gasteiger partial charge in [-0.25, -0.2) is 0 Å². The average molecular weight is 232 g/mol. The SMILES string of the molecule is C[C@@H]1C[C@@H](C)CN(C(=O)c2cccc(N)c2)C1. The van der Waals surface area contributed by atoms with Crippen molar-refractivity contribution in [3.63, 3.8) is 0 Å². The van der Waals surface area contributed by atoms with Gasteiger partial charge in [0.2, 0.25) is 0 Å². The molecular weight excluding hydrogens is 212 g/mol. The summed E-state index contributed by atoms with van der Waals surface area (Å²) < 4.78 is 0. The van der Waals surface area contributed by atoms with Crippen molar-refractivity contribution in [3.05, 3.63) is 29.8 Å². The highest BCUT2D eigenvalue weighted by Crippen LogP contribution is 2.22. The molecule has 0 unspecified atom stereocenters. The fourth-order valence-corrected chi connectivity index (χ4v) is 2.68. The van der Waals surface area contributed by atoms with Gasteiger partial charge in [0.25, 0.3) is 5.91 Å². The van der Waals surface area contributed by atoms with Crippen LogP contribution >= 0.6 is 0 Å². The lowest BCUT2D eigenvalue weighted by Gasteiger charge is -2.35. The molecule has 0 saturated carbocycles. The third-order valence-corrected chi connectivity index (χ3v) is 3.29. The van der Waals surface area contributed by atoms with Crippen LogP contribution in [0.25, 0.3) is 0 Å². The molecule has 3 nitrogen and oxygen atoms in total. The van der Waals surface area contributed by atoms with Gasteiger partial charge in [0, 0.05) is 24.3 Å². The van der Waals surface area contributed by atoms with Crippen molar-refractivity contribution in [2.24, 2.45) is 11.8 Å². The molecule has 1 fully saturated rings. The predicted octanol–water partition coefficient (Wildman–Crippen LogP) is 2.39. The molecule has 2 atom stereocenters. The van der Waals surface area contributed by atoms with E-state index in [1.165, 1.54) is 6.42 Å². The summed E-state index contributed by atoms with van der Waals surface area (Å²) >= 11 is 0. The third-order valence-electron chi connectivity index (χ3n) is 3.29. The Kier molecular flexibility index (Phi) is 3.36. The standard InChI is InChI=1S/C14H20N2O/c1-10-6-11(2)9-16(8-10)14(17)12-4-3-5-13(15)7-12/h3-5,7,10-11H,6,8-9,15H2,1-2H3/t10-,11-/m1/s1. The topological polar surface area (TPSA) is 46.3 Å². The largest absolute Gasteiger partial charge is 0.399 e. The number of benzene rings is 1. The van der Waals surface area contributed by atoms with Crippen molar-refractivity contribution in [2.75, 3.05) is 18.8 Å². The number of nitrogens with zero attached hydrogens (tertiary/aromatic N) is 1. The van der Waals surface area contributed by atoms with Crippen LogP contribution in [0.3, 0.4) is 0 Å². The molecule has 3 heteroatoms. The minimum Gasteiger partial charge on any atom is -0.399 e. The van der Waals surface area contributed by atoms with Crippen molar-refractivity contribution in [1.82, 2.24) is 4.90 Å². The summed E-state index contributed by atoms with van der Waals surface area (Å²) in [5.41, 5.74) is 7.06. The number of anilines is 1. The van der Waals surface area contributed by atoms with Crippen molar-refractivity contribution < 1.29 is 4.79 Å². The first-order chi connectivity index (χ1) is 8.06. The maximum Gasteiger partial charge on any atom is 0.253 e. The van der Waals surface area contributed by atoms with Crippen LogP contribution in [0.15, 0.2) is 24.3 Å². The van der Waals surface area contributed by atoms with Gasteiger partial charge in [-0.1, -0.05) is 19.9 Å². The summed E-state index contributed by atoms with van der Waals surface area (Å²) in [7, 11) is 0. The third kappa shape index (κ3) is 2.78. The zero-order chi connectivity index (χ0) is 12.4. The lowest BCUT2D eigenvalue weighted by Crippen LogP contribution is -2.42. The van der Waals surface area contributed by atoms with Crippen LogP contribution in [0.4, 0.5) is 5.69 Å². The van der Waals surface area contributed by atoms with E-state index >= 15 is 0 Å². The molecule has 1 heterocycles. The zero-order valence-corrected chi connectivity index (χ0v) is 10.5. The van der Waals surface area contributed by atoms with Gasteiger partial charge in [-0.05, 0) is 36.5 Å². The quantitative estimate of drug-likeness (QED) is 0.756. The van der Waals surface area contributed by atoms with E-state index in [0.717, 1.165) is 13.1 Å². The smallest absolute Gasteiger partial charge is 0.253 e. The number of carbonyl (C=O) groups excluding carboxylic acids is 1. The van der Waals surface area contributed by atoms with Crippen molar-refractivity contribution in [3.8, 4) is 0 Å². The molecule has 1 aromatic carbocycles. The van der Waals surface area contributed by atoms with Crippen LogP contribution in [0.2, 0.25) is 0 Å². The minimum absolute atomic E-state index is 0.107. The molecule has 0 bridgehead atoms. The van der Waals surface area contributed by atoms with E-state index in [0.29, 0.717) is 23.1 Å². The van der Waals surface area contributed by atoms with Gasteiger partial charge in [-0.2, -0.15) is 0 Å². The highest BCUT2D eigenvalue weighted by atomic mass is 16.2. The average Bonchev–Trinajstić information content (AvgIpc) is 2.26. The molecule has 1 aromatic rings. The van der Waals surface area contributed by atoms with Gasteiger partial charge in [-0.15, -0.1) is 0 Å². The Balaban J connectivity index is 2.14. The molecule has 0 radical (unpaired) electrons. The van der Waals surface area contributed by atoms with Crippen molar-refractivity contribution >= 4 is 11.6 Å². The van der Waals surface area contributed by atoms with E-state index in [9.17, 15) is 4.79 Å². The van der Waals surface area contributed by atoms with Gasteiger partial charge in [0.15, 0.2) is 0 Å². The Morgan fingerprint density at radius 2 is 1.94 bits per heavy atom. The van der Waals surface area contributed by atoms with Crippen LogP contribution in [-0.2, 0) is 0 Å². The van der Waals surface area contributed by atoms with Crippen molar-refractivity contribution in [2.45, 2.75) is 20.3 Å². The van der Waals surface area contributed by atoms with E-state index in [4.69, 9.17) is 5.73 Å². The molecular formula is C14H20N2O. The minimum atomic E-state index is 0.107. The summed E-state index contributed by atoms with van der Waals surface area (Å²) in [6, 6.07) is 7.23. The summed E-state index contributed by atoms with van der Waals surface area (Å²) in [5, 5.41) is 0. The monoisotopic (exact) mass is 232 g/mol. The number of nitrogens with two attached hydrogens (primary N) is 1. The zero-order valence-electron chi connectivity index (χ0n) is 10.5. The highest BCUT2D eigenvalue weighted by molar-refractivity contribution is 5.95. The molecule has 0 aromatic heterocycles. The number of amides is 1. The summed E-state index contributed by atoms with van der Waals surface area (Å²) in [4.78, 5) is 14.3. The maximum absolute atomic E-state index is 12.3. The van der Waals surface area contributed by atoms with Gasteiger partial charge in [0.1, 0.15) is 0 Å². The molecule has 92 valence electrons. The molecule has 0 aliphatic carbocycles. The Morgan fingerprint density at radius 1 is 1.29 bits per heavy atom. The number of carbonyl (C=O) groups is 1. The number of nitrogen functional groups attached to an aromatic ring is 1. The lowest BCUT2D eigenvalue weighted by atomic mass is 9.91. The van der Waals surface area contributed by atoms with Crippen LogP contribution in [0, 0.1) is 11.8 Å². The van der Waals surface area contributed by atoms with Crippen LogP contribution in [-0.4, -0.2) is 23.9 Å². The highest BCUT2D eigenvalue weighted by Gasteiger charge is 2.25. The Labute approximate surface area is 103 Å². The van der Waals surface area contributed by atoms with Crippen LogP contribution in [0.1, 0.15) is 30.6 Å². The van der Waals surface area contributed by atoms with Gasteiger partial charge < -0.3 is 10.6 Å². The van der Waals surface area contributed by atoms with E-state index in [-0.39, 0.29) is 5.91 Å². The van der Waals surface area contributed by atoms with E-state index in [2.05, 4.69) is 13.8 Å². The van der Waals surface area contributed by atoms with Gasteiger partial charge in [-0.3, -0.25) is 4.79 Å². The fourth-order valence-electron chi connectivity index (χ4n) is 2.68. The second-order valence-corrected chi connectivity index (χ2v) is 5.28. The molecule has 1 saturated heterocycles. The van der Waals surface area contributed by atoms with Gasteiger partial charge in [0.05, 0.1) is 0 Å². The first-order valence-corrected chi connectivity index (χ1v) is 6.21. The summed E-state index contributed by atoms with van der Waals surface area (Å²) in [6.07, 6.45) is 1.21. The summed E-state index contributed by atoms with van der Waals surface area (Å²) in [6.45, 7) is 6.13. The molecule has 2 rings (SSSR count). The predicted molar refractivity (Wildman–Crippen MR) is 69.7 cm³/mol. The number of rotatable bonds is 1. The van der Waals surface area contributed by atoms with E-state index in [1.54, 1.807) is 12.1 Å². The van der Waals surface area contributed by atoms with Crippen LogP contribution in [0.5, 0.6) is 0 Å². The summed E-state index contributed by atoms with van der Waals surface area (Å²) in [5.74, 6) is 1.28. The lowest BCUT2D eigenvalue weighted by molar-refractivity contribution is 0.0623. The van der Waals surface area contributed by atoms with Crippen LogP contribution < -0.4 is 5.73 Å². The number of hydrogen-bond donors (Lipinski definition) is 1. The second kappa shape index (κ2) is 4.78. The van der Waals surface area contributed by atoms with Crippen molar-refractivity contribution in [1.29, 1.82) is 0 Å². The number of piperidine rings is 1. The number of hydrogen-bond acceptors (Lipinski definition) is 2. The first-order valence-electron chi connectivity index (χ1n) is 6.21. The molecule has 1 aliphatic rings. The molecule has 0 spiro atoms. The number of likely N-dealkylation sites (tertiary alicyclic amines) is 1. The van der Waals surface area contributed by atoms with Gasteiger partial charge >= 0.3 is 0 Å². The second-order valence-electron chi connectivity index (χ2n) is 5.28.